The van der Waals surface area contributed by atoms with Gasteiger partial charge in [0, 0.05) is 42.8 Å². The van der Waals surface area contributed by atoms with Crippen molar-refractivity contribution in [2.45, 2.75) is 25.6 Å². The number of nitrogens with zero attached hydrogens (tertiary/aromatic N) is 3. The van der Waals surface area contributed by atoms with Gasteiger partial charge in [0.15, 0.2) is 11.7 Å². The lowest BCUT2D eigenvalue weighted by Gasteiger charge is -2.36. The molecule has 0 saturated carbocycles. The number of hydrogen-bond acceptors (Lipinski definition) is 4. The molecule has 134 valence electrons. The predicted octanol–water partition coefficient (Wildman–Crippen LogP) is 3.49. The topological polar surface area (TPSA) is 53.7 Å². The molecular formula is C19H26N4OS. The minimum atomic E-state index is 0.610. The van der Waals surface area contributed by atoms with Gasteiger partial charge in [-0.15, -0.1) is 0 Å². The first-order valence-electron chi connectivity index (χ1n) is 8.75. The molecule has 1 aromatic heterocycles. The number of guanidine groups is 1. The van der Waals surface area contributed by atoms with Gasteiger partial charge in [-0.3, -0.25) is 4.99 Å². The highest BCUT2D eigenvalue weighted by Gasteiger charge is 2.24. The lowest BCUT2D eigenvalue weighted by molar-refractivity contribution is 0.379. The van der Waals surface area contributed by atoms with Crippen LogP contribution in [0.5, 0.6) is 0 Å². The van der Waals surface area contributed by atoms with E-state index in [-0.39, 0.29) is 0 Å². The zero-order valence-electron chi connectivity index (χ0n) is 15.1. The van der Waals surface area contributed by atoms with E-state index in [4.69, 9.17) is 4.52 Å². The summed E-state index contributed by atoms with van der Waals surface area (Å²) in [5.74, 6) is 3.55. The Hall–Kier alpha value is -1.95. The van der Waals surface area contributed by atoms with E-state index in [9.17, 15) is 0 Å². The summed E-state index contributed by atoms with van der Waals surface area (Å²) in [7, 11) is 1.84. The Balaban J connectivity index is 1.59. The first kappa shape index (κ1) is 17.9. The van der Waals surface area contributed by atoms with Crippen LogP contribution in [0.15, 0.2) is 45.9 Å². The second-order valence-corrected chi connectivity index (χ2v) is 7.90. The molecule has 1 saturated heterocycles. The zero-order valence-corrected chi connectivity index (χ0v) is 15.9. The summed E-state index contributed by atoms with van der Waals surface area (Å²) in [4.78, 5) is 6.80. The van der Waals surface area contributed by atoms with Crippen molar-refractivity contribution in [2.24, 2.45) is 10.9 Å². The van der Waals surface area contributed by atoms with Crippen LogP contribution in [0.3, 0.4) is 0 Å². The molecule has 1 fully saturated rings. The number of hydrogen-bond donors (Lipinski definition) is 1. The molecule has 0 aliphatic carbocycles. The minimum Gasteiger partial charge on any atom is -0.356 e. The van der Waals surface area contributed by atoms with Crippen LogP contribution in [0, 0.1) is 5.92 Å². The molecule has 6 heteroatoms. The molecule has 5 nitrogen and oxygen atoms in total. The molecule has 1 aliphatic heterocycles. The van der Waals surface area contributed by atoms with Gasteiger partial charge >= 0.3 is 0 Å². The largest absolute Gasteiger partial charge is 0.356 e. The van der Waals surface area contributed by atoms with Crippen LogP contribution in [0.2, 0.25) is 0 Å². The van der Waals surface area contributed by atoms with Crippen molar-refractivity contribution in [3.8, 4) is 11.3 Å². The lowest BCUT2D eigenvalue weighted by atomic mass is 10.1. The fourth-order valence-corrected chi connectivity index (χ4v) is 4.21. The molecule has 0 amide bonds. The number of benzene rings is 1. The number of nitrogens with one attached hydrogen (secondary N) is 1. The maximum absolute atomic E-state index is 5.46. The zero-order chi connectivity index (χ0) is 17.6. The molecule has 0 spiro atoms. The van der Waals surface area contributed by atoms with E-state index >= 15 is 0 Å². The van der Waals surface area contributed by atoms with Crippen molar-refractivity contribution in [1.29, 1.82) is 0 Å². The summed E-state index contributed by atoms with van der Waals surface area (Å²) in [5.41, 5.74) is 1.92. The molecule has 3 rings (SSSR count). The third-order valence-corrected chi connectivity index (χ3v) is 5.93. The Bertz CT molecular complexity index is 698. The van der Waals surface area contributed by atoms with Gasteiger partial charge in [-0.05, 0) is 5.92 Å². The first-order chi connectivity index (χ1) is 12.2. The Morgan fingerprint density at radius 3 is 2.92 bits per heavy atom. The third kappa shape index (κ3) is 4.57. The quantitative estimate of drug-likeness (QED) is 0.670. The molecule has 2 heterocycles. The fourth-order valence-electron chi connectivity index (χ4n) is 2.91. The highest BCUT2D eigenvalue weighted by atomic mass is 32.2. The van der Waals surface area contributed by atoms with Crippen molar-refractivity contribution in [3.05, 3.63) is 42.1 Å². The standard InChI is InChI=1S/C19H26N4OS/c1-14(2)18-13-23(9-10-25-18)19(20-3)21-12-16-11-17(24-22-16)15-7-5-4-6-8-15/h4-8,11,14,18H,9-10,12-13H2,1-3H3,(H,20,21). The maximum Gasteiger partial charge on any atom is 0.194 e. The smallest absolute Gasteiger partial charge is 0.194 e. The molecule has 1 aromatic carbocycles. The van der Waals surface area contributed by atoms with Crippen molar-refractivity contribution in [3.63, 3.8) is 0 Å². The second kappa shape index (κ2) is 8.43. The van der Waals surface area contributed by atoms with E-state index in [0.29, 0.717) is 17.7 Å². The Kier molecular flexibility index (Phi) is 6.02. The van der Waals surface area contributed by atoms with Gasteiger partial charge in [0.25, 0.3) is 0 Å². The summed E-state index contributed by atoms with van der Waals surface area (Å²) in [6.45, 7) is 7.26. The summed E-state index contributed by atoms with van der Waals surface area (Å²) in [6.07, 6.45) is 0. The lowest BCUT2D eigenvalue weighted by Crippen LogP contribution is -2.48. The molecule has 1 N–H and O–H groups in total. The van der Waals surface area contributed by atoms with Crippen molar-refractivity contribution < 1.29 is 4.52 Å². The first-order valence-corrected chi connectivity index (χ1v) is 9.80. The summed E-state index contributed by atoms with van der Waals surface area (Å²) in [6, 6.07) is 12.0. The van der Waals surface area contributed by atoms with Gasteiger partial charge < -0.3 is 14.7 Å². The van der Waals surface area contributed by atoms with Crippen LogP contribution in [0.1, 0.15) is 19.5 Å². The highest BCUT2D eigenvalue weighted by molar-refractivity contribution is 8.00. The molecule has 0 radical (unpaired) electrons. The van der Waals surface area contributed by atoms with E-state index in [2.05, 4.69) is 46.0 Å². The summed E-state index contributed by atoms with van der Waals surface area (Å²) < 4.78 is 5.46. The van der Waals surface area contributed by atoms with Gasteiger partial charge in [-0.25, -0.2) is 0 Å². The summed E-state index contributed by atoms with van der Waals surface area (Å²) in [5, 5.41) is 8.25. The normalized spacial score (nSPS) is 18.6. The second-order valence-electron chi connectivity index (χ2n) is 6.55. The average molecular weight is 359 g/mol. The van der Waals surface area contributed by atoms with E-state index < -0.39 is 0 Å². The molecule has 25 heavy (non-hydrogen) atoms. The number of thioether (sulfide) groups is 1. The Morgan fingerprint density at radius 2 is 2.20 bits per heavy atom. The van der Waals surface area contributed by atoms with E-state index in [1.54, 1.807) is 0 Å². The van der Waals surface area contributed by atoms with Crippen LogP contribution in [0.25, 0.3) is 11.3 Å². The molecule has 1 atom stereocenters. The van der Waals surface area contributed by atoms with E-state index in [1.165, 1.54) is 0 Å². The van der Waals surface area contributed by atoms with Crippen molar-refractivity contribution >= 4 is 17.7 Å². The van der Waals surface area contributed by atoms with E-state index in [0.717, 1.165) is 41.8 Å². The number of aromatic nitrogens is 1. The van der Waals surface area contributed by atoms with Gasteiger partial charge in [-0.1, -0.05) is 49.3 Å². The average Bonchev–Trinajstić information content (AvgIpc) is 3.12. The summed E-state index contributed by atoms with van der Waals surface area (Å²) >= 11 is 2.07. The van der Waals surface area contributed by atoms with Crippen LogP contribution in [-0.2, 0) is 6.54 Å². The van der Waals surface area contributed by atoms with Gasteiger partial charge in [-0.2, -0.15) is 11.8 Å². The predicted molar refractivity (Wildman–Crippen MR) is 105 cm³/mol. The Labute approximate surface area is 153 Å². The molecule has 1 unspecified atom stereocenters. The molecule has 2 aromatic rings. The number of rotatable bonds is 4. The van der Waals surface area contributed by atoms with Crippen LogP contribution < -0.4 is 5.32 Å². The number of aliphatic imine (C=N–C) groups is 1. The van der Waals surface area contributed by atoms with Crippen molar-refractivity contribution in [1.82, 2.24) is 15.4 Å². The van der Waals surface area contributed by atoms with Crippen molar-refractivity contribution in [2.75, 3.05) is 25.9 Å². The SMILES string of the molecule is CN=C(NCc1cc(-c2ccccc2)on1)N1CCSC(C(C)C)C1. The highest BCUT2D eigenvalue weighted by Crippen LogP contribution is 2.25. The van der Waals surface area contributed by atoms with E-state index in [1.807, 2.05) is 43.4 Å². The van der Waals surface area contributed by atoms with Gasteiger partial charge in [0.05, 0.1) is 6.54 Å². The molecule has 1 aliphatic rings. The third-order valence-electron chi connectivity index (χ3n) is 4.39. The van der Waals surface area contributed by atoms with Gasteiger partial charge in [0.2, 0.25) is 0 Å². The van der Waals surface area contributed by atoms with Gasteiger partial charge in [0.1, 0.15) is 5.69 Å². The molecular weight excluding hydrogens is 332 g/mol. The minimum absolute atomic E-state index is 0.610. The van der Waals surface area contributed by atoms with Crippen LogP contribution in [-0.4, -0.2) is 47.2 Å². The van der Waals surface area contributed by atoms with Crippen LogP contribution in [0.4, 0.5) is 0 Å². The fraction of sp³-hybridized carbons (Fsp3) is 0.474. The maximum atomic E-state index is 5.46. The Morgan fingerprint density at radius 1 is 1.40 bits per heavy atom. The molecule has 0 bridgehead atoms. The monoisotopic (exact) mass is 358 g/mol. The van der Waals surface area contributed by atoms with Crippen LogP contribution >= 0.6 is 11.8 Å².